The summed E-state index contributed by atoms with van der Waals surface area (Å²) >= 11 is 5.69. The lowest BCUT2D eigenvalue weighted by atomic mass is 10.2. The minimum absolute atomic E-state index is 0.0744. The first kappa shape index (κ1) is 12.8. The lowest BCUT2D eigenvalue weighted by molar-refractivity contribution is 0.0701. The summed E-state index contributed by atoms with van der Waals surface area (Å²) in [5, 5.41) is 0.489. The van der Waals surface area contributed by atoms with Gasteiger partial charge in [-0.15, -0.1) is 0 Å². The van der Waals surface area contributed by atoms with E-state index in [2.05, 4.69) is 0 Å². The zero-order chi connectivity index (χ0) is 12.3. The Hall–Kier alpha value is -0.620. The first-order valence-electron chi connectivity index (χ1n) is 5.34. The number of hydrogen-bond donors (Lipinski definition) is 0. The van der Waals surface area contributed by atoms with Gasteiger partial charge in [-0.3, -0.25) is 4.18 Å². The molecule has 0 spiro atoms. The van der Waals surface area contributed by atoms with Crippen molar-refractivity contribution in [3.63, 3.8) is 0 Å². The molecule has 1 fully saturated rings. The quantitative estimate of drug-likeness (QED) is 0.792. The second kappa shape index (κ2) is 5.35. The van der Waals surface area contributed by atoms with Crippen molar-refractivity contribution in [2.24, 2.45) is 0 Å². The third-order valence-electron chi connectivity index (χ3n) is 2.54. The van der Waals surface area contributed by atoms with Crippen molar-refractivity contribution in [2.45, 2.75) is 23.8 Å². The van der Waals surface area contributed by atoms with Gasteiger partial charge in [0.15, 0.2) is 0 Å². The maximum atomic E-state index is 11.8. The SMILES string of the molecule is O=S(=O)(OC[C@@H]1CCCO1)c1ccc(Cl)cc1. The molecule has 0 aromatic heterocycles. The van der Waals surface area contributed by atoms with E-state index in [1.807, 2.05) is 0 Å². The van der Waals surface area contributed by atoms with Crippen LogP contribution in [0.5, 0.6) is 0 Å². The molecule has 0 radical (unpaired) electrons. The highest BCUT2D eigenvalue weighted by Crippen LogP contribution is 2.18. The van der Waals surface area contributed by atoms with E-state index < -0.39 is 10.1 Å². The highest BCUT2D eigenvalue weighted by Gasteiger charge is 2.21. The number of benzene rings is 1. The van der Waals surface area contributed by atoms with Crippen LogP contribution in [0.4, 0.5) is 0 Å². The van der Waals surface area contributed by atoms with Gasteiger partial charge < -0.3 is 4.74 Å². The molecule has 0 N–H and O–H groups in total. The zero-order valence-electron chi connectivity index (χ0n) is 9.13. The number of rotatable bonds is 4. The maximum absolute atomic E-state index is 11.8. The van der Waals surface area contributed by atoms with E-state index >= 15 is 0 Å². The average Bonchev–Trinajstić information content (AvgIpc) is 2.80. The Balaban J connectivity index is 2.00. The molecule has 94 valence electrons. The summed E-state index contributed by atoms with van der Waals surface area (Å²) in [4.78, 5) is 0.111. The molecule has 0 bridgehead atoms. The van der Waals surface area contributed by atoms with Gasteiger partial charge in [0, 0.05) is 11.6 Å². The van der Waals surface area contributed by atoms with Crippen molar-refractivity contribution in [3.8, 4) is 0 Å². The van der Waals surface area contributed by atoms with Gasteiger partial charge in [0.25, 0.3) is 10.1 Å². The molecule has 4 nitrogen and oxygen atoms in total. The largest absolute Gasteiger partial charge is 0.376 e. The lowest BCUT2D eigenvalue weighted by Crippen LogP contribution is -2.18. The molecule has 2 rings (SSSR count). The van der Waals surface area contributed by atoms with Crippen molar-refractivity contribution in [1.29, 1.82) is 0 Å². The molecular formula is C11H13ClO4S. The summed E-state index contributed by atoms with van der Waals surface area (Å²) in [5.74, 6) is 0. The molecule has 1 atom stereocenters. The van der Waals surface area contributed by atoms with Gasteiger partial charge in [-0.2, -0.15) is 8.42 Å². The van der Waals surface area contributed by atoms with Crippen LogP contribution in [0.25, 0.3) is 0 Å². The Bertz CT molecular complexity index is 463. The molecular weight excluding hydrogens is 264 g/mol. The van der Waals surface area contributed by atoms with Crippen molar-refractivity contribution >= 4 is 21.7 Å². The summed E-state index contributed by atoms with van der Waals surface area (Å²) in [5.41, 5.74) is 0. The third kappa shape index (κ3) is 3.42. The summed E-state index contributed by atoms with van der Waals surface area (Å²) < 4.78 is 33.8. The Morgan fingerprint density at radius 1 is 1.35 bits per heavy atom. The predicted molar refractivity (Wildman–Crippen MR) is 63.6 cm³/mol. The monoisotopic (exact) mass is 276 g/mol. The molecule has 0 unspecified atom stereocenters. The number of halogens is 1. The van der Waals surface area contributed by atoms with Gasteiger partial charge in [0.1, 0.15) is 0 Å². The van der Waals surface area contributed by atoms with Crippen LogP contribution in [0.15, 0.2) is 29.2 Å². The van der Waals surface area contributed by atoms with E-state index in [9.17, 15) is 8.42 Å². The fourth-order valence-corrected chi connectivity index (χ4v) is 2.67. The van der Waals surface area contributed by atoms with Crippen molar-refractivity contribution in [1.82, 2.24) is 0 Å². The summed E-state index contributed by atoms with van der Waals surface area (Å²) in [7, 11) is -3.70. The maximum Gasteiger partial charge on any atom is 0.297 e. The van der Waals surface area contributed by atoms with Crippen LogP contribution in [0.1, 0.15) is 12.8 Å². The zero-order valence-corrected chi connectivity index (χ0v) is 10.7. The van der Waals surface area contributed by atoms with E-state index in [4.69, 9.17) is 20.5 Å². The van der Waals surface area contributed by atoms with Crippen molar-refractivity contribution < 1.29 is 17.3 Å². The Morgan fingerprint density at radius 2 is 2.06 bits per heavy atom. The minimum atomic E-state index is -3.70. The second-order valence-electron chi connectivity index (χ2n) is 3.83. The van der Waals surface area contributed by atoms with Crippen LogP contribution in [0.2, 0.25) is 5.02 Å². The highest BCUT2D eigenvalue weighted by atomic mass is 35.5. The van der Waals surface area contributed by atoms with Crippen molar-refractivity contribution in [3.05, 3.63) is 29.3 Å². The lowest BCUT2D eigenvalue weighted by Gasteiger charge is -2.10. The molecule has 1 aliphatic rings. The molecule has 0 aliphatic carbocycles. The molecule has 1 heterocycles. The Kier molecular flexibility index (Phi) is 4.04. The molecule has 0 saturated carbocycles. The van der Waals surface area contributed by atoms with Crippen LogP contribution in [-0.2, 0) is 19.0 Å². The Labute approximate surface area is 106 Å². The average molecular weight is 277 g/mol. The first-order chi connectivity index (χ1) is 8.08. The number of hydrogen-bond acceptors (Lipinski definition) is 4. The molecule has 1 saturated heterocycles. The molecule has 1 aromatic rings. The fourth-order valence-electron chi connectivity index (χ4n) is 1.61. The normalized spacial score (nSPS) is 20.6. The van der Waals surface area contributed by atoms with Crippen LogP contribution >= 0.6 is 11.6 Å². The topological polar surface area (TPSA) is 52.6 Å². The minimum Gasteiger partial charge on any atom is -0.376 e. The summed E-state index contributed by atoms with van der Waals surface area (Å²) in [6, 6.07) is 5.88. The second-order valence-corrected chi connectivity index (χ2v) is 5.88. The van der Waals surface area contributed by atoms with Crippen molar-refractivity contribution in [2.75, 3.05) is 13.2 Å². The molecule has 6 heteroatoms. The van der Waals surface area contributed by atoms with E-state index in [1.165, 1.54) is 24.3 Å². The van der Waals surface area contributed by atoms with E-state index in [0.717, 1.165) is 12.8 Å². The van der Waals surface area contributed by atoms with Gasteiger partial charge in [0.05, 0.1) is 17.6 Å². The Morgan fingerprint density at radius 3 is 2.65 bits per heavy atom. The molecule has 1 aliphatic heterocycles. The van der Waals surface area contributed by atoms with Crippen LogP contribution in [0, 0.1) is 0 Å². The first-order valence-corrected chi connectivity index (χ1v) is 7.13. The van der Waals surface area contributed by atoms with Gasteiger partial charge in [0.2, 0.25) is 0 Å². The van der Waals surface area contributed by atoms with Crippen LogP contribution < -0.4 is 0 Å². The van der Waals surface area contributed by atoms with Crippen LogP contribution in [0.3, 0.4) is 0 Å². The molecule has 1 aromatic carbocycles. The fraction of sp³-hybridized carbons (Fsp3) is 0.455. The predicted octanol–water partition coefficient (Wildman–Crippen LogP) is 2.22. The van der Waals surface area contributed by atoms with E-state index in [1.54, 1.807) is 0 Å². The highest BCUT2D eigenvalue weighted by molar-refractivity contribution is 7.86. The standard InChI is InChI=1S/C11H13ClO4S/c12-9-3-5-11(6-4-9)17(13,14)16-8-10-2-1-7-15-10/h3-6,10H,1-2,7-8H2/t10-/m0/s1. The summed E-state index contributed by atoms with van der Waals surface area (Å²) in [6.45, 7) is 0.750. The third-order valence-corrected chi connectivity index (χ3v) is 4.08. The van der Waals surface area contributed by atoms with E-state index in [0.29, 0.717) is 11.6 Å². The summed E-state index contributed by atoms with van der Waals surface area (Å²) in [6.07, 6.45) is 1.68. The van der Waals surface area contributed by atoms with Gasteiger partial charge in [-0.1, -0.05) is 11.6 Å². The van der Waals surface area contributed by atoms with Gasteiger partial charge in [-0.05, 0) is 37.1 Å². The van der Waals surface area contributed by atoms with Gasteiger partial charge in [-0.25, -0.2) is 0 Å². The van der Waals surface area contributed by atoms with Gasteiger partial charge >= 0.3 is 0 Å². The van der Waals surface area contributed by atoms with Crippen LogP contribution in [-0.4, -0.2) is 27.7 Å². The smallest absolute Gasteiger partial charge is 0.297 e. The molecule has 17 heavy (non-hydrogen) atoms. The van der Waals surface area contributed by atoms with E-state index in [-0.39, 0.29) is 17.6 Å². The number of ether oxygens (including phenoxy) is 1. The molecule has 0 amide bonds.